The van der Waals surface area contributed by atoms with E-state index >= 15 is 0 Å². The van der Waals surface area contributed by atoms with Gasteiger partial charge in [-0.2, -0.15) is 0 Å². The number of halogens is 2. The maximum absolute atomic E-state index is 13.4. The summed E-state index contributed by atoms with van der Waals surface area (Å²) in [5.74, 6) is -0.247. The van der Waals surface area contributed by atoms with Crippen LogP contribution in [0.1, 0.15) is 18.4 Å². The highest BCUT2D eigenvalue weighted by atomic mass is 79.9. The first-order valence-corrected chi connectivity index (χ1v) is 6.25. The Balaban J connectivity index is 2.22. The van der Waals surface area contributed by atoms with E-state index in [1.165, 1.54) is 6.07 Å². The molecule has 1 fully saturated rings. The second-order valence-electron chi connectivity index (χ2n) is 4.36. The minimum Gasteiger partial charge on any atom is -0.394 e. The van der Waals surface area contributed by atoms with Crippen LogP contribution in [-0.2, 0) is 6.42 Å². The molecule has 1 aromatic carbocycles. The number of hydrogen-bond donors (Lipinski definition) is 2. The Labute approximate surface area is 103 Å². The van der Waals surface area contributed by atoms with Gasteiger partial charge in [-0.05, 0) is 53.4 Å². The normalized spacial score (nSPS) is 24.9. The van der Waals surface area contributed by atoms with E-state index in [0.29, 0.717) is 10.9 Å². The molecular formula is C12H15BrFNO. The van der Waals surface area contributed by atoms with Gasteiger partial charge in [0.1, 0.15) is 5.82 Å². The maximum atomic E-state index is 13.4. The molecule has 1 aliphatic rings. The van der Waals surface area contributed by atoms with Gasteiger partial charge in [0.2, 0.25) is 0 Å². The van der Waals surface area contributed by atoms with Gasteiger partial charge < -0.3 is 10.4 Å². The summed E-state index contributed by atoms with van der Waals surface area (Å²) in [6, 6.07) is 5.03. The first kappa shape index (κ1) is 12.0. The summed E-state index contributed by atoms with van der Waals surface area (Å²) in [4.78, 5) is 0. The van der Waals surface area contributed by atoms with Crippen LogP contribution in [0.15, 0.2) is 22.7 Å². The predicted molar refractivity (Wildman–Crippen MR) is 64.9 cm³/mol. The van der Waals surface area contributed by atoms with Gasteiger partial charge in [0, 0.05) is 5.54 Å². The highest BCUT2D eigenvalue weighted by molar-refractivity contribution is 9.10. The van der Waals surface area contributed by atoms with Crippen molar-refractivity contribution < 1.29 is 9.50 Å². The molecule has 1 heterocycles. The number of aliphatic hydroxyl groups excluding tert-OH is 1. The van der Waals surface area contributed by atoms with Crippen molar-refractivity contribution in [3.8, 4) is 0 Å². The zero-order valence-electron chi connectivity index (χ0n) is 8.97. The molecular weight excluding hydrogens is 273 g/mol. The Bertz CT molecular complexity index is 377. The molecule has 0 radical (unpaired) electrons. The second-order valence-corrected chi connectivity index (χ2v) is 5.15. The number of benzene rings is 1. The molecule has 0 amide bonds. The van der Waals surface area contributed by atoms with Crippen LogP contribution in [0.2, 0.25) is 0 Å². The fourth-order valence-corrected chi connectivity index (χ4v) is 2.66. The van der Waals surface area contributed by atoms with Gasteiger partial charge in [0.25, 0.3) is 0 Å². The van der Waals surface area contributed by atoms with Crippen LogP contribution in [0.5, 0.6) is 0 Å². The van der Waals surface area contributed by atoms with Gasteiger partial charge in [-0.3, -0.25) is 0 Å². The third kappa shape index (κ3) is 2.29. The van der Waals surface area contributed by atoms with Gasteiger partial charge in [-0.1, -0.05) is 12.1 Å². The van der Waals surface area contributed by atoms with Crippen LogP contribution in [-0.4, -0.2) is 23.8 Å². The molecule has 0 bridgehead atoms. The zero-order valence-corrected chi connectivity index (χ0v) is 10.6. The summed E-state index contributed by atoms with van der Waals surface area (Å²) < 4.78 is 13.9. The molecule has 0 aliphatic carbocycles. The molecule has 1 atom stereocenters. The quantitative estimate of drug-likeness (QED) is 0.894. The SMILES string of the molecule is OCC1(Cc2cccc(F)c2Br)CCCN1. The molecule has 4 heteroatoms. The van der Waals surface area contributed by atoms with Crippen molar-refractivity contribution in [1.29, 1.82) is 0 Å². The number of hydrogen-bond acceptors (Lipinski definition) is 2. The lowest BCUT2D eigenvalue weighted by molar-refractivity contribution is 0.177. The predicted octanol–water partition coefficient (Wildman–Crippen LogP) is 2.25. The fourth-order valence-electron chi connectivity index (χ4n) is 2.26. The molecule has 88 valence electrons. The minimum absolute atomic E-state index is 0.0932. The fraction of sp³-hybridized carbons (Fsp3) is 0.500. The Morgan fingerprint density at radius 1 is 1.50 bits per heavy atom. The average molecular weight is 288 g/mol. The van der Waals surface area contributed by atoms with E-state index in [1.54, 1.807) is 6.07 Å². The number of nitrogens with one attached hydrogen (secondary N) is 1. The zero-order chi connectivity index (χ0) is 11.6. The van der Waals surface area contributed by atoms with Crippen LogP contribution in [0.3, 0.4) is 0 Å². The lowest BCUT2D eigenvalue weighted by atomic mass is 9.90. The smallest absolute Gasteiger partial charge is 0.137 e. The second kappa shape index (κ2) is 4.82. The molecule has 1 aromatic rings. The standard InChI is InChI=1S/C12H15BrFNO/c13-11-9(3-1-4-10(11)14)7-12(8-16)5-2-6-15-12/h1,3-4,15-16H,2,5-8H2. The molecule has 2 nitrogen and oxygen atoms in total. The van der Waals surface area contributed by atoms with Gasteiger partial charge in [0.15, 0.2) is 0 Å². The summed E-state index contributed by atoms with van der Waals surface area (Å²) in [5, 5.41) is 12.8. The average Bonchev–Trinajstić information content (AvgIpc) is 2.74. The number of aliphatic hydroxyl groups is 1. The summed E-state index contributed by atoms with van der Waals surface area (Å²) in [6.07, 6.45) is 2.65. The number of rotatable bonds is 3. The molecule has 1 saturated heterocycles. The van der Waals surface area contributed by atoms with Gasteiger partial charge in [-0.25, -0.2) is 4.39 Å². The van der Waals surface area contributed by atoms with Crippen molar-refractivity contribution >= 4 is 15.9 Å². The van der Waals surface area contributed by atoms with Crippen molar-refractivity contribution in [3.05, 3.63) is 34.1 Å². The Morgan fingerprint density at radius 2 is 2.31 bits per heavy atom. The van der Waals surface area contributed by atoms with E-state index in [1.807, 2.05) is 6.07 Å². The van der Waals surface area contributed by atoms with Crippen LogP contribution in [0, 0.1) is 5.82 Å². The molecule has 2 N–H and O–H groups in total. The first-order chi connectivity index (χ1) is 7.67. The lowest BCUT2D eigenvalue weighted by Gasteiger charge is -2.27. The highest BCUT2D eigenvalue weighted by Gasteiger charge is 2.33. The molecule has 0 saturated carbocycles. The summed E-state index contributed by atoms with van der Waals surface area (Å²) in [6.45, 7) is 1.02. The lowest BCUT2D eigenvalue weighted by Crippen LogP contribution is -2.45. The van der Waals surface area contributed by atoms with E-state index < -0.39 is 0 Å². The monoisotopic (exact) mass is 287 g/mol. The molecule has 1 aliphatic heterocycles. The van der Waals surface area contributed by atoms with Crippen molar-refractivity contribution in [2.75, 3.05) is 13.2 Å². The van der Waals surface area contributed by atoms with E-state index in [4.69, 9.17) is 0 Å². The largest absolute Gasteiger partial charge is 0.394 e. The molecule has 1 unspecified atom stereocenters. The van der Waals surface area contributed by atoms with E-state index in [9.17, 15) is 9.50 Å². The topological polar surface area (TPSA) is 32.3 Å². The molecule has 0 spiro atoms. The van der Waals surface area contributed by atoms with E-state index in [0.717, 1.165) is 24.9 Å². The van der Waals surface area contributed by atoms with Crippen molar-refractivity contribution in [2.24, 2.45) is 0 Å². The van der Waals surface area contributed by atoms with Crippen LogP contribution < -0.4 is 5.32 Å². The first-order valence-electron chi connectivity index (χ1n) is 5.46. The Morgan fingerprint density at radius 3 is 2.94 bits per heavy atom. The molecule has 2 rings (SSSR count). The summed E-state index contributed by atoms with van der Waals surface area (Å²) in [7, 11) is 0. The van der Waals surface area contributed by atoms with Crippen molar-refractivity contribution in [1.82, 2.24) is 5.32 Å². The van der Waals surface area contributed by atoms with Crippen molar-refractivity contribution in [2.45, 2.75) is 24.8 Å². The third-order valence-corrected chi connectivity index (χ3v) is 4.08. The Hall–Kier alpha value is -0.450. The molecule has 16 heavy (non-hydrogen) atoms. The van der Waals surface area contributed by atoms with Crippen LogP contribution in [0.4, 0.5) is 4.39 Å². The third-order valence-electron chi connectivity index (χ3n) is 3.20. The van der Waals surface area contributed by atoms with E-state index in [2.05, 4.69) is 21.2 Å². The van der Waals surface area contributed by atoms with Crippen molar-refractivity contribution in [3.63, 3.8) is 0 Å². The van der Waals surface area contributed by atoms with Gasteiger partial charge in [-0.15, -0.1) is 0 Å². The van der Waals surface area contributed by atoms with Crippen LogP contribution in [0.25, 0.3) is 0 Å². The van der Waals surface area contributed by atoms with Crippen LogP contribution >= 0.6 is 15.9 Å². The summed E-state index contributed by atoms with van der Waals surface area (Å²) in [5.41, 5.74) is 0.638. The van der Waals surface area contributed by atoms with Gasteiger partial charge >= 0.3 is 0 Å². The minimum atomic E-state index is -0.268. The van der Waals surface area contributed by atoms with Gasteiger partial charge in [0.05, 0.1) is 11.1 Å². The maximum Gasteiger partial charge on any atom is 0.137 e. The summed E-state index contributed by atoms with van der Waals surface area (Å²) >= 11 is 3.26. The molecule has 0 aromatic heterocycles. The van der Waals surface area contributed by atoms with E-state index in [-0.39, 0.29) is 18.0 Å². The Kier molecular flexibility index (Phi) is 3.62. The highest BCUT2D eigenvalue weighted by Crippen LogP contribution is 2.28.